The maximum Gasteiger partial charge on any atom is 0.319 e. The molecule has 0 bridgehead atoms. The van der Waals surface area contributed by atoms with Gasteiger partial charge in [-0.1, -0.05) is 31.1 Å². The molecule has 4 N–H and O–H groups in total. The van der Waals surface area contributed by atoms with E-state index >= 15 is 0 Å². The average Bonchev–Trinajstić information content (AvgIpc) is 3.14. The molecule has 0 aliphatic rings. The summed E-state index contributed by atoms with van der Waals surface area (Å²) in [6.07, 6.45) is 0. The quantitative estimate of drug-likeness (QED) is 0.401. The van der Waals surface area contributed by atoms with E-state index in [-0.39, 0.29) is 12.1 Å². The second-order valence-electron chi connectivity index (χ2n) is 7.37. The van der Waals surface area contributed by atoms with Gasteiger partial charge < -0.3 is 25.8 Å². The third kappa shape index (κ3) is 7.85. The van der Waals surface area contributed by atoms with Crippen molar-refractivity contribution in [2.24, 2.45) is 4.99 Å². The van der Waals surface area contributed by atoms with Crippen LogP contribution in [0.15, 0.2) is 39.8 Å². The van der Waals surface area contributed by atoms with Crippen LogP contribution < -0.4 is 21.3 Å². The summed E-state index contributed by atoms with van der Waals surface area (Å²) in [6.45, 7) is 11.8. The van der Waals surface area contributed by atoms with E-state index in [1.165, 1.54) is 0 Å². The Morgan fingerprint density at radius 3 is 2.45 bits per heavy atom. The monoisotopic (exact) mass is 400 g/mol. The van der Waals surface area contributed by atoms with Crippen LogP contribution >= 0.6 is 0 Å². The fourth-order valence-corrected chi connectivity index (χ4v) is 2.49. The molecule has 0 spiro atoms. The van der Waals surface area contributed by atoms with Crippen molar-refractivity contribution in [2.45, 2.75) is 59.7 Å². The van der Waals surface area contributed by atoms with Gasteiger partial charge in [-0.15, -0.1) is 0 Å². The number of nitrogens with zero attached hydrogens (tertiary/aromatic N) is 2. The van der Waals surface area contributed by atoms with Crippen LogP contribution in [0.25, 0.3) is 0 Å². The van der Waals surface area contributed by atoms with Gasteiger partial charge in [0.1, 0.15) is 0 Å². The molecular weight excluding hydrogens is 368 g/mol. The zero-order valence-corrected chi connectivity index (χ0v) is 17.9. The molecule has 0 saturated heterocycles. The molecule has 2 rings (SSSR count). The maximum absolute atomic E-state index is 11.7. The molecule has 0 radical (unpaired) electrons. The van der Waals surface area contributed by atoms with Crippen molar-refractivity contribution in [3.63, 3.8) is 0 Å². The Morgan fingerprint density at radius 1 is 1.14 bits per heavy atom. The lowest BCUT2D eigenvalue weighted by atomic mass is 10.1. The number of anilines is 1. The van der Waals surface area contributed by atoms with Crippen molar-refractivity contribution in [2.75, 3.05) is 11.9 Å². The number of hydrogen-bond donors (Lipinski definition) is 4. The Morgan fingerprint density at radius 2 is 1.86 bits per heavy atom. The topological polar surface area (TPSA) is 104 Å². The van der Waals surface area contributed by atoms with Gasteiger partial charge >= 0.3 is 6.03 Å². The van der Waals surface area contributed by atoms with Gasteiger partial charge in [0, 0.05) is 24.3 Å². The van der Waals surface area contributed by atoms with E-state index in [1.807, 2.05) is 51.1 Å². The Kier molecular flexibility index (Phi) is 8.51. The van der Waals surface area contributed by atoms with Crippen LogP contribution in [-0.4, -0.2) is 29.7 Å². The van der Waals surface area contributed by atoms with Gasteiger partial charge in [-0.05, 0) is 44.4 Å². The summed E-state index contributed by atoms with van der Waals surface area (Å²) in [5.41, 5.74) is 2.73. The van der Waals surface area contributed by atoms with E-state index in [1.54, 1.807) is 0 Å². The molecule has 0 atom stereocenters. The summed E-state index contributed by atoms with van der Waals surface area (Å²) in [5, 5.41) is 16.1. The highest BCUT2D eigenvalue weighted by molar-refractivity contribution is 5.89. The van der Waals surface area contributed by atoms with Crippen molar-refractivity contribution in [3.8, 4) is 0 Å². The minimum Gasteiger partial charge on any atom is -0.359 e. The average molecular weight is 401 g/mol. The molecule has 2 amide bonds. The summed E-state index contributed by atoms with van der Waals surface area (Å²) >= 11 is 0. The van der Waals surface area contributed by atoms with Gasteiger partial charge in [-0.3, -0.25) is 0 Å². The molecule has 29 heavy (non-hydrogen) atoms. The predicted octanol–water partition coefficient (Wildman–Crippen LogP) is 3.58. The van der Waals surface area contributed by atoms with Crippen molar-refractivity contribution in [1.29, 1.82) is 0 Å². The minimum atomic E-state index is -0.211. The van der Waals surface area contributed by atoms with Crippen molar-refractivity contribution in [1.82, 2.24) is 21.1 Å². The number of aliphatic imine (C=N–C) groups is 1. The first-order valence-electron chi connectivity index (χ1n) is 10.0. The van der Waals surface area contributed by atoms with Crippen LogP contribution in [0.1, 0.15) is 57.6 Å². The number of carbonyl (C=O) groups excluding carboxylic acids is 1. The molecular formula is C21H32N6O2. The number of nitrogens with one attached hydrogen (secondary N) is 4. The highest BCUT2D eigenvalue weighted by Gasteiger charge is 2.08. The second kappa shape index (κ2) is 11.1. The molecule has 8 heteroatoms. The zero-order valence-electron chi connectivity index (χ0n) is 17.9. The summed E-state index contributed by atoms with van der Waals surface area (Å²) in [7, 11) is 0. The smallest absolute Gasteiger partial charge is 0.319 e. The molecule has 0 unspecified atom stereocenters. The third-order valence-electron chi connectivity index (χ3n) is 3.99. The number of guanidine groups is 1. The molecule has 2 aromatic rings. The van der Waals surface area contributed by atoms with Gasteiger partial charge in [0.05, 0.1) is 18.8 Å². The molecule has 1 heterocycles. The number of aromatic nitrogens is 1. The molecule has 0 saturated carbocycles. The zero-order chi connectivity index (χ0) is 21.2. The van der Waals surface area contributed by atoms with Gasteiger partial charge in [-0.2, -0.15) is 0 Å². The number of rotatable bonds is 8. The van der Waals surface area contributed by atoms with Gasteiger partial charge in [-0.25, -0.2) is 9.79 Å². The first kappa shape index (κ1) is 22.3. The number of urea groups is 1. The molecule has 1 aromatic carbocycles. The number of amides is 2. The number of carbonyl (C=O) groups is 1. The lowest BCUT2D eigenvalue weighted by Gasteiger charge is -2.11. The largest absolute Gasteiger partial charge is 0.359 e. The fraction of sp³-hybridized carbons (Fsp3) is 0.476. The highest BCUT2D eigenvalue weighted by atomic mass is 16.5. The third-order valence-corrected chi connectivity index (χ3v) is 3.99. The maximum atomic E-state index is 11.7. The second-order valence-corrected chi connectivity index (χ2v) is 7.37. The molecule has 0 fully saturated rings. The Balaban J connectivity index is 1.90. The lowest BCUT2D eigenvalue weighted by Crippen LogP contribution is -2.36. The van der Waals surface area contributed by atoms with E-state index in [2.05, 4.69) is 45.3 Å². The Labute approximate surface area is 172 Å². The van der Waals surface area contributed by atoms with Gasteiger partial charge in [0.2, 0.25) is 0 Å². The van der Waals surface area contributed by atoms with Gasteiger partial charge in [0.25, 0.3) is 0 Å². The fourth-order valence-electron chi connectivity index (χ4n) is 2.49. The predicted molar refractivity (Wildman–Crippen MR) is 116 cm³/mol. The Bertz CT molecular complexity index is 796. The van der Waals surface area contributed by atoms with E-state index in [4.69, 9.17) is 4.52 Å². The van der Waals surface area contributed by atoms with E-state index < -0.39 is 0 Å². The van der Waals surface area contributed by atoms with Crippen molar-refractivity contribution >= 4 is 17.7 Å². The number of hydrogen-bond acceptors (Lipinski definition) is 4. The van der Waals surface area contributed by atoms with Crippen LogP contribution in [0, 0.1) is 0 Å². The van der Waals surface area contributed by atoms with Crippen molar-refractivity contribution < 1.29 is 9.32 Å². The summed E-state index contributed by atoms with van der Waals surface area (Å²) < 4.78 is 5.35. The molecule has 1 aromatic heterocycles. The number of benzene rings is 1. The van der Waals surface area contributed by atoms with Gasteiger partial charge in [0.15, 0.2) is 11.7 Å². The summed E-state index contributed by atoms with van der Waals surface area (Å²) in [5.74, 6) is 1.81. The van der Waals surface area contributed by atoms with E-state index in [0.29, 0.717) is 25.0 Å². The van der Waals surface area contributed by atoms with Crippen LogP contribution in [0.5, 0.6) is 0 Å². The van der Waals surface area contributed by atoms with Crippen LogP contribution in [0.4, 0.5) is 10.5 Å². The molecule has 158 valence electrons. The highest BCUT2D eigenvalue weighted by Crippen LogP contribution is 2.14. The molecule has 0 aliphatic carbocycles. The molecule has 8 nitrogen and oxygen atoms in total. The standard InChI is InChI=1S/C21H32N6O2/c1-6-22-20(24-13-18-11-19(14(2)3)27-29-18)23-12-16-7-9-17(10-8-16)26-21(28)25-15(4)5/h7-11,14-15H,6,12-13H2,1-5H3,(H2,22,23,24)(H2,25,26,28). The van der Waals surface area contributed by atoms with Crippen molar-refractivity contribution in [3.05, 3.63) is 47.3 Å². The summed E-state index contributed by atoms with van der Waals surface area (Å²) in [4.78, 5) is 16.4. The van der Waals surface area contributed by atoms with Crippen LogP contribution in [0.3, 0.4) is 0 Å². The van der Waals surface area contributed by atoms with E-state index in [0.717, 1.165) is 29.2 Å². The minimum absolute atomic E-state index is 0.0921. The van der Waals surface area contributed by atoms with Crippen LogP contribution in [-0.2, 0) is 13.1 Å². The first-order chi connectivity index (χ1) is 13.9. The molecule has 0 aliphatic heterocycles. The lowest BCUT2D eigenvalue weighted by molar-refractivity contribution is 0.250. The Hall–Kier alpha value is -3.03. The van der Waals surface area contributed by atoms with Crippen LogP contribution in [0.2, 0.25) is 0 Å². The van der Waals surface area contributed by atoms with E-state index in [9.17, 15) is 4.79 Å². The summed E-state index contributed by atoms with van der Waals surface area (Å²) in [6, 6.07) is 9.47. The normalized spacial score (nSPS) is 11.6. The SMILES string of the molecule is CCNC(=NCc1ccc(NC(=O)NC(C)C)cc1)NCc1cc(C(C)C)no1. The first-order valence-corrected chi connectivity index (χ1v) is 10.0.